The van der Waals surface area contributed by atoms with E-state index < -0.39 is 15.6 Å². The highest BCUT2D eigenvalue weighted by atomic mass is 35.5. The first kappa shape index (κ1) is 36.0. The van der Waals surface area contributed by atoms with Crippen LogP contribution in [0.1, 0.15) is 22.3 Å². The quantitative estimate of drug-likeness (QED) is 0.288. The van der Waals surface area contributed by atoms with Crippen molar-refractivity contribution >= 4 is 38.8 Å². The molecule has 0 aliphatic heterocycles. The van der Waals surface area contributed by atoms with Crippen molar-refractivity contribution in [3.8, 4) is 0 Å². The normalized spacial score (nSPS) is 8.50. The fraction of sp³-hybridized carbons (Fsp3) is 1.00. The Kier molecular flexibility index (Phi) is 40.8. The van der Waals surface area contributed by atoms with Gasteiger partial charge in [0, 0.05) is 0 Å². The highest BCUT2D eigenvalue weighted by Crippen LogP contribution is 2.26. The molecular formula is C4H20Cl2O8P2. The molecule has 6 N–H and O–H groups in total. The van der Waals surface area contributed by atoms with Gasteiger partial charge in [0.15, 0.2) is 0 Å². The molecule has 0 aromatic heterocycles. The number of halogens is 2. The number of rotatable bonds is 0. The maximum absolute atomic E-state index is 8.88. The average molecular weight is 329 g/mol. The van der Waals surface area contributed by atoms with Crippen molar-refractivity contribution in [1.29, 1.82) is 0 Å². The van der Waals surface area contributed by atoms with Gasteiger partial charge in [-0.2, -0.15) is 0 Å². The Morgan fingerprint density at radius 2 is 0.688 bits per heavy atom. The van der Waals surface area contributed by atoms with E-state index in [1.165, 1.54) is 0 Å². The molecule has 108 valence electrons. The molecule has 0 radical (unpaired) electrons. The minimum Gasteiger partial charge on any atom is -0.303 e. The van der Waals surface area contributed by atoms with Crippen LogP contribution in [0, 0.1) is 0 Å². The van der Waals surface area contributed by atoms with Crippen molar-refractivity contribution in [3.05, 3.63) is 0 Å². The summed E-state index contributed by atoms with van der Waals surface area (Å²) in [5.41, 5.74) is 0. The minimum absolute atomic E-state index is 0. The van der Waals surface area contributed by atoms with Crippen LogP contribution in [0.2, 0.25) is 0 Å². The Balaban J connectivity index is -0.0000000220. The molecule has 8 nitrogen and oxygen atoms in total. The fourth-order valence-corrected chi connectivity index (χ4v) is 0. The molecule has 0 unspecified atom stereocenters. The Bertz CT molecular complexity index is 152. The average Bonchev–Trinajstić information content (AvgIpc) is 1.52. The second-order valence-corrected chi connectivity index (χ2v) is 3.99. The predicted molar refractivity (Wildman–Crippen MR) is 65.3 cm³/mol. The molecule has 0 amide bonds. The molecule has 0 fully saturated rings. The summed E-state index contributed by atoms with van der Waals surface area (Å²) in [6.07, 6.45) is 0. The van der Waals surface area contributed by atoms with Gasteiger partial charge in [0.25, 0.3) is 0 Å². The lowest BCUT2D eigenvalue weighted by molar-refractivity contribution is 0.272. The van der Waals surface area contributed by atoms with E-state index in [-0.39, 0.29) is 27.6 Å². The van der Waals surface area contributed by atoms with E-state index in [9.17, 15) is 0 Å². The highest BCUT2D eigenvalue weighted by Gasteiger charge is 2.00. The summed E-state index contributed by atoms with van der Waals surface area (Å²) in [6.45, 7) is 0. The summed E-state index contributed by atoms with van der Waals surface area (Å²) in [4.78, 5) is 43.1. The van der Waals surface area contributed by atoms with E-state index in [0.29, 0.717) is 0 Å². The minimum atomic E-state index is -4.64. The van der Waals surface area contributed by atoms with E-state index in [2.05, 4.69) is 0 Å². The van der Waals surface area contributed by atoms with E-state index in [0.717, 1.165) is 0 Å². The van der Waals surface area contributed by atoms with Crippen molar-refractivity contribution in [2.24, 2.45) is 0 Å². The zero-order chi connectivity index (χ0) is 11.7. The molecule has 0 bridgehead atoms. The molecule has 0 aromatic rings. The van der Waals surface area contributed by atoms with Crippen LogP contribution < -0.4 is 0 Å². The zero-order valence-electron chi connectivity index (χ0n) is 5.86. The van der Waals surface area contributed by atoms with E-state index >= 15 is 0 Å². The monoisotopic (exact) mass is 328 g/mol. The largest absolute Gasteiger partial charge is 0.466 e. The van der Waals surface area contributed by atoms with Crippen LogP contribution in [0.15, 0.2) is 0 Å². The van der Waals surface area contributed by atoms with E-state index in [1.807, 2.05) is 0 Å². The molecule has 0 heterocycles. The van der Waals surface area contributed by atoms with Crippen LogP contribution in [0.4, 0.5) is 0 Å². The third kappa shape index (κ3) is 4400. The maximum Gasteiger partial charge on any atom is 0.466 e. The zero-order valence-corrected chi connectivity index (χ0v) is 9.16. The molecule has 0 spiro atoms. The predicted octanol–water partition coefficient (Wildman–Crippen LogP) is 1.47. The van der Waals surface area contributed by atoms with Crippen LogP contribution in [0.3, 0.4) is 0 Å². The first-order valence-electron chi connectivity index (χ1n) is 2.10. The number of phosphoric acid groups is 2. The number of alkyl halides is 2. The summed E-state index contributed by atoms with van der Waals surface area (Å²) in [5, 5.41) is 0.194. The lowest BCUT2D eigenvalue weighted by Crippen LogP contribution is -1.66. The summed E-state index contributed by atoms with van der Waals surface area (Å²) >= 11 is 9.53. The van der Waals surface area contributed by atoms with Gasteiger partial charge in [0.2, 0.25) is 0 Å². The third-order valence-corrected chi connectivity index (χ3v) is 0. The molecule has 0 saturated heterocycles. The van der Waals surface area contributed by atoms with Gasteiger partial charge in [-0.15, -0.1) is 23.2 Å². The standard InChI is InChI=1S/CH2Cl2.3CH4.2H3O4P/c2-1-3;;;;2*1-5(2,3)4/h1H2;3*1H4;2*(H3,1,2,3,4). The topological polar surface area (TPSA) is 156 Å². The lowest BCUT2D eigenvalue weighted by atomic mass is 11.9. The van der Waals surface area contributed by atoms with Gasteiger partial charge in [-0.25, -0.2) is 9.13 Å². The molecule has 0 saturated carbocycles. The van der Waals surface area contributed by atoms with Gasteiger partial charge in [-0.1, -0.05) is 22.3 Å². The smallest absolute Gasteiger partial charge is 0.303 e. The van der Waals surface area contributed by atoms with Crippen LogP contribution in [0.5, 0.6) is 0 Å². The molecule has 16 heavy (non-hydrogen) atoms. The fourth-order valence-electron chi connectivity index (χ4n) is 0. The van der Waals surface area contributed by atoms with Crippen molar-refractivity contribution in [1.82, 2.24) is 0 Å². The second-order valence-electron chi connectivity index (χ2n) is 1.13. The van der Waals surface area contributed by atoms with E-state index in [4.69, 9.17) is 61.7 Å². The van der Waals surface area contributed by atoms with Gasteiger partial charge < -0.3 is 29.4 Å². The Hall–Kier alpha value is 0.800. The summed E-state index contributed by atoms with van der Waals surface area (Å²) in [6, 6.07) is 0. The second kappa shape index (κ2) is 18.2. The molecule has 0 aliphatic rings. The third-order valence-electron chi connectivity index (χ3n) is 0. The van der Waals surface area contributed by atoms with Crippen molar-refractivity contribution in [3.63, 3.8) is 0 Å². The maximum atomic E-state index is 8.88. The highest BCUT2D eigenvalue weighted by molar-refractivity contribution is 7.45. The summed E-state index contributed by atoms with van der Waals surface area (Å²) in [7, 11) is -9.28. The van der Waals surface area contributed by atoms with Gasteiger partial charge in [0.05, 0.1) is 5.34 Å². The molecule has 0 atom stereocenters. The first-order chi connectivity index (χ1) is 5.41. The summed E-state index contributed by atoms with van der Waals surface area (Å²) in [5.74, 6) is 0. The van der Waals surface area contributed by atoms with Crippen LogP contribution in [-0.2, 0) is 9.13 Å². The Morgan fingerprint density at radius 1 is 0.688 bits per heavy atom. The number of hydrogen-bond acceptors (Lipinski definition) is 2. The van der Waals surface area contributed by atoms with Crippen LogP contribution >= 0.6 is 38.8 Å². The van der Waals surface area contributed by atoms with Crippen molar-refractivity contribution in [2.75, 3.05) is 5.34 Å². The van der Waals surface area contributed by atoms with Gasteiger partial charge in [-0.05, 0) is 0 Å². The number of hydrogen-bond donors (Lipinski definition) is 6. The Morgan fingerprint density at radius 3 is 0.688 bits per heavy atom. The Labute approximate surface area is 105 Å². The molecule has 0 aromatic carbocycles. The van der Waals surface area contributed by atoms with E-state index in [1.54, 1.807) is 0 Å². The molecule has 0 aliphatic carbocycles. The first-order valence-corrected chi connectivity index (χ1v) is 6.30. The van der Waals surface area contributed by atoms with Gasteiger partial charge in [-0.3, -0.25) is 0 Å². The lowest BCUT2D eigenvalue weighted by Gasteiger charge is -1.82. The molecule has 0 rings (SSSR count). The SMILES string of the molecule is C.C.C.ClCCl.O=P(O)(O)O.O=P(O)(O)O. The molecule has 12 heteroatoms. The molecular weight excluding hydrogens is 309 g/mol. The van der Waals surface area contributed by atoms with Crippen molar-refractivity contribution < 1.29 is 38.5 Å². The van der Waals surface area contributed by atoms with Crippen LogP contribution in [-0.4, -0.2) is 34.7 Å². The van der Waals surface area contributed by atoms with Crippen LogP contribution in [0.25, 0.3) is 0 Å². The summed E-state index contributed by atoms with van der Waals surface area (Å²) < 4.78 is 17.8. The van der Waals surface area contributed by atoms with Gasteiger partial charge >= 0.3 is 15.6 Å². The van der Waals surface area contributed by atoms with Gasteiger partial charge in [0.1, 0.15) is 0 Å². The van der Waals surface area contributed by atoms with Crippen molar-refractivity contribution in [2.45, 2.75) is 22.3 Å².